The smallest absolute Gasteiger partial charge is 0.265 e. The number of rotatable bonds is 6. The van der Waals surface area contributed by atoms with Gasteiger partial charge < -0.3 is 0 Å². The van der Waals surface area contributed by atoms with Gasteiger partial charge in [-0.15, -0.1) is 0 Å². The second-order valence-corrected chi connectivity index (χ2v) is 9.79. The zero-order chi connectivity index (χ0) is 23.2. The van der Waals surface area contributed by atoms with E-state index in [1.807, 2.05) is 60.7 Å². The Hall–Kier alpha value is -4.14. The molecule has 2 aromatic heterocycles. The van der Waals surface area contributed by atoms with Crippen molar-refractivity contribution in [2.75, 3.05) is 4.90 Å². The summed E-state index contributed by atoms with van der Waals surface area (Å²) in [6, 6.07) is 40.0. The Morgan fingerprint density at radius 3 is 1.41 bits per heavy atom. The summed E-state index contributed by atoms with van der Waals surface area (Å²) in [6.07, 6.45) is 3.35. The number of nitrogens with zero attached hydrogens (tertiary/aromatic N) is 3. The normalized spacial score (nSPS) is 10.7. The van der Waals surface area contributed by atoms with E-state index in [4.69, 9.17) is 0 Å². The van der Waals surface area contributed by atoms with Crippen LogP contribution in [0.4, 0.5) is 11.6 Å². The first-order valence-corrected chi connectivity index (χ1v) is 12.3. The van der Waals surface area contributed by atoms with Gasteiger partial charge in [-0.3, -0.25) is 4.79 Å². The van der Waals surface area contributed by atoms with Gasteiger partial charge in [-0.05, 0) is 60.2 Å². The van der Waals surface area contributed by atoms with Crippen LogP contribution in [0.2, 0.25) is 0 Å². The molecule has 0 saturated carbocycles. The largest absolute Gasteiger partial charge is 0.268 e. The number of carbonyl (C=O) groups is 1. The van der Waals surface area contributed by atoms with Crippen molar-refractivity contribution in [3.8, 4) is 0 Å². The van der Waals surface area contributed by atoms with Crippen LogP contribution < -0.4 is 20.8 Å². The van der Waals surface area contributed by atoms with Crippen molar-refractivity contribution in [1.29, 1.82) is 0 Å². The molecule has 0 N–H and O–H groups in total. The van der Waals surface area contributed by atoms with E-state index in [-0.39, 0.29) is 5.91 Å². The van der Waals surface area contributed by atoms with Crippen LogP contribution in [-0.4, -0.2) is 15.9 Å². The summed E-state index contributed by atoms with van der Waals surface area (Å²) in [6.45, 7) is 0. The van der Waals surface area contributed by atoms with E-state index in [0.717, 1.165) is 0 Å². The molecule has 0 spiro atoms. The van der Waals surface area contributed by atoms with E-state index in [9.17, 15) is 4.79 Å². The van der Waals surface area contributed by atoms with Crippen LogP contribution in [0.1, 0.15) is 10.4 Å². The van der Waals surface area contributed by atoms with Gasteiger partial charge in [-0.25, -0.2) is 14.9 Å². The number of anilines is 2. The van der Waals surface area contributed by atoms with Gasteiger partial charge in [0, 0.05) is 18.0 Å². The molecule has 5 heteroatoms. The fourth-order valence-electron chi connectivity index (χ4n) is 3.78. The lowest BCUT2D eigenvalue weighted by Gasteiger charge is -2.22. The molecule has 0 atom stereocenters. The minimum Gasteiger partial charge on any atom is -0.268 e. The highest BCUT2D eigenvalue weighted by Gasteiger charge is 2.23. The second kappa shape index (κ2) is 10.2. The standard InChI is InChI=1S/C29H22N3OP/c33-29(32(27-15-7-9-21-30-27)28-16-8-10-22-31-28)23-17-19-26(20-18-23)34(24-11-3-1-4-12-24)25-13-5-2-6-14-25/h1-22H. The zero-order valence-electron chi connectivity index (χ0n) is 18.4. The molecule has 5 rings (SSSR count). The first-order valence-electron chi connectivity index (χ1n) is 11.0. The lowest BCUT2D eigenvalue weighted by atomic mass is 10.2. The Kier molecular flexibility index (Phi) is 6.51. The van der Waals surface area contributed by atoms with Gasteiger partial charge in [0.1, 0.15) is 11.6 Å². The maximum absolute atomic E-state index is 13.6. The SMILES string of the molecule is O=C(c1ccc(P(c2ccccc2)c2ccccc2)cc1)N(c1ccccn1)c1ccccn1. The van der Waals surface area contributed by atoms with Crippen LogP contribution in [0.5, 0.6) is 0 Å². The zero-order valence-corrected chi connectivity index (χ0v) is 19.3. The highest BCUT2D eigenvalue weighted by atomic mass is 31.1. The number of benzene rings is 3. The average Bonchev–Trinajstić information content (AvgIpc) is 2.92. The summed E-state index contributed by atoms with van der Waals surface area (Å²) in [4.78, 5) is 24.0. The molecule has 0 radical (unpaired) electrons. The molecule has 0 unspecified atom stereocenters. The molecule has 5 aromatic rings. The molecule has 0 fully saturated rings. The van der Waals surface area contributed by atoms with Crippen molar-refractivity contribution >= 4 is 41.4 Å². The monoisotopic (exact) mass is 459 g/mol. The molecule has 1 amide bonds. The lowest BCUT2D eigenvalue weighted by molar-refractivity contribution is 0.0998. The molecule has 4 nitrogen and oxygen atoms in total. The fraction of sp³-hybridized carbons (Fsp3) is 0. The first kappa shape index (κ1) is 21.7. The third kappa shape index (κ3) is 4.63. The molecule has 0 bridgehead atoms. The number of amides is 1. The number of hydrogen-bond acceptors (Lipinski definition) is 3. The van der Waals surface area contributed by atoms with Gasteiger partial charge in [0.15, 0.2) is 0 Å². The predicted molar refractivity (Wildman–Crippen MR) is 140 cm³/mol. The minimum absolute atomic E-state index is 0.173. The molecular weight excluding hydrogens is 437 g/mol. The summed E-state index contributed by atoms with van der Waals surface area (Å²) in [7, 11) is -0.730. The van der Waals surface area contributed by atoms with Gasteiger partial charge in [-0.2, -0.15) is 0 Å². The third-order valence-electron chi connectivity index (χ3n) is 5.36. The first-order chi connectivity index (χ1) is 16.8. The van der Waals surface area contributed by atoms with Crippen molar-refractivity contribution in [1.82, 2.24) is 9.97 Å². The van der Waals surface area contributed by atoms with Crippen molar-refractivity contribution in [3.05, 3.63) is 139 Å². The number of carbonyl (C=O) groups excluding carboxylic acids is 1. The Labute approximate surface area is 200 Å². The van der Waals surface area contributed by atoms with Gasteiger partial charge in [0.05, 0.1) is 0 Å². The average molecular weight is 459 g/mol. The van der Waals surface area contributed by atoms with Crippen LogP contribution in [-0.2, 0) is 0 Å². The van der Waals surface area contributed by atoms with Gasteiger partial charge >= 0.3 is 0 Å². The number of aromatic nitrogens is 2. The van der Waals surface area contributed by atoms with Crippen LogP contribution in [0, 0.1) is 0 Å². The summed E-state index contributed by atoms with van der Waals surface area (Å²) >= 11 is 0. The Balaban J connectivity index is 1.52. The van der Waals surface area contributed by atoms with E-state index in [1.165, 1.54) is 15.9 Å². The summed E-state index contributed by atoms with van der Waals surface area (Å²) in [5.74, 6) is 0.893. The fourth-order valence-corrected chi connectivity index (χ4v) is 6.06. The highest BCUT2D eigenvalue weighted by Crippen LogP contribution is 2.33. The van der Waals surface area contributed by atoms with E-state index in [1.54, 1.807) is 17.3 Å². The molecular formula is C29H22N3OP. The minimum atomic E-state index is -0.730. The Morgan fingerprint density at radius 1 is 0.529 bits per heavy atom. The van der Waals surface area contributed by atoms with Crippen molar-refractivity contribution in [2.24, 2.45) is 0 Å². The maximum Gasteiger partial charge on any atom is 0.265 e. The molecule has 164 valence electrons. The second-order valence-electron chi connectivity index (χ2n) is 7.57. The van der Waals surface area contributed by atoms with E-state index in [0.29, 0.717) is 17.2 Å². The van der Waals surface area contributed by atoms with Crippen LogP contribution in [0.3, 0.4) is 0 Å². The van der Waals surface area contributed by atoms with Crippen LogP contribution >= 0.6 is 7.92 Å². The number of pyridine rings is 2. The summed E-state index contributed by atoms with van der Waals surface area (Å²) in [5, 5.41) is 3.73. The Bertz CT molecular complexity index is 1270. The van der Waals surface area contributed by atoms with Crippen molar-refractivity contribution in [3.63, 3.8) is 0 Å². The molecule has 34 heavy (non-hydrogen) atoms. The molecule has 0 saturated heterocycles. The van der Waals surface area contributed by atoms with Gasteiger partial charge in [-0.1, -0.05) is 84.9 Å². The summed E-state index contributed by atoms with van der Waals surface area (Å²) in [5.41, 5.74) is 0.580. The molecule has 0 aliphatic heterocycles. The summed E-state index contributed by atoms with van der Waals surface area (Å²) < 4.78 is 0. The Morgan fingerprint density at radius 2 is 0.971 bits per heavy atom. The molecule has 0 aliphatic carbocycles. The topological polar surface area (TPSA) is 46.1 Å². The number of hydrogen-bond donors (Lipinski definition) is 0. The van der Waals surface area contributed by atoms with Gasteiger partial charge in [0.25, 0.3) is 5.91 Å². The van der Waals surface area contributed by atoms with E-state index in [2.05, 4.69) is 70.6 Å². The van der Waals surface area contributed by atoms with Crippen molar-refractivity contribution < 1.29 is 4.79 Å². The third-order valence-corrected chi connectivity index (χ3v) is 7.80. The quantitative estimate of drug-likeness (QED) is 0.328. The van der Waals surface area contributed by atoms with Crippen LogP contribution in [0.15, 0.2) is 134 Å². The van der Waals surface area contributed by atoms with Crippen LogP contribution in [0.25, 0.3) is 0 Å². The molecule has 0 aliphatic rings. The molecule has 2 heterocycles. The van der Waals surface area contributed by atoms with Gasteiger partial charge in [0.2, 0.25) is 0 Å². The van der Waals surface area contributed by atoms with E-state index >= 15 is 0 Å². The molecule has 3 aromatic carbocycles. The predicted octanol–water partition coefficient (Wildman–Crippen LogP) is 5.21. The lowest BCUT2D eigenvalue weighted by Crippen LogP contribution is -2.28. The highest BCUT2D eigenvalue weighted by molar-refractivity contribution is 7.79. The van der Waals surface area contributed by atoms with Crippen molar-refractivity contribution in [2.45, 2.75) is 0 Å². The maximum atomic E-state index is 13.6. The van der Waals surface area contributed by atoms with E-state index < -0.39 is 7.92 Å².